The van der Waals surface area contributed by atoms with Crippen LogP contribution in [0.4, 0.5) is 0 Å². The van der Waals surface area contributed by atoms with Gasteiger partial charge in [0.05, 0.1) is 0 Å². The van der Waals surface area contributed by atoms with Gasteiger partial charge in [0, 0.05) is 29.7 Å². The average molecular weight is 345 g/mol. The van der Waals surface area contributed by atoms with Crippen LogP contribution in [0.3, 0.4) is 0 Å². The van der Waals surface area contributed by atoms with Crippen molar-refractivity contribution in [1.82, 2.24) is 25.1 Å². The first-order valence-corrected chi connectivity index (χ1v) is 8.42. The summed E-state index contributed by atoms with van der Waals surface area (Å²) in [5, 5.41) is 12.5. The lowest BCUT2D eigenvalue weighted by molar-refractivity contribution is 0.0941. The molecule has 0 fully saturated rings. The number of aromatic amines is 1. The molecule has 0 saturated carbocycles. The first-order valence-electron chi connectivity index (χ1n) is 8.42. The molecule has 6 heteroatoms. The molecule has 0 radical (unpaired) electrons. The number of fused-ring (bicyclic) bond motifs is 1. The summed E-state index contributed by atoms with van der Waals surface area (Å²) in [7, 11) is 1.90. The molecule has 1 atom stereocenters. The molecule has 2 heterocycles. The van der Waals surface area contributed by atoms with Gasteiger partial charge < -0.3 is 14.9 Å². The van der Waals surface area contributed by atoms with Gasteiger partial charge in [-0.3, -0.25) is 4.79 Å². The lowest BCUT2D eigenvalue weighted by atomic mass is 10.0. The molecule has 0 aliphatic rings. The number of H-pyrrole nitrogens is 1. The fourth-order valence-electron chi connectivity index (χ4n) is 3.03. The molecule has 0 spiro atoms. The van der Waals surface area contributed by atoms with Gasteiger partial charge in [-0.05, 0) is 36.8 Å². The molecule has 2 N–H and O–H groups in total. The molecular weight excluding hydrogens is 326 g/mol. The Balaban J connectivity index is 1.70. The molecule has 0 saturated heterocycles. The number of amides is 1. The van der Waals surface area contributed by atoms with Crippen LogP contribution in [0, 0.1) is 6.92 Å². The number of benzene rings is 2. The zero-order valence-electron chi connectivity index (χ0n) is 14.6. The number of hydrogen-bond donors (Lipinski definition) is 2. The Morgan fingerprint density at radius 2 is 1.92 bits per heavy atom. The third-order valence-corrected chi connectivity index (χ3v) is 4.61. The predicted octanol–water partition coefficient (Wildman–Crippen LogP) is 3.12. The van der Waals surface area contributed by atoms with E-state index < -0.39 is 0 Å². The number of nitrogens with zero attached hydrogens (tertiary/aromatic N) is 3. The Morgan fingerprint density at radius 3 is 2.65 bits per heavy atom. The lowest BCUT2D eigenvalue weighted by Crippen LogP contribution is -2.31. The van der Waals surface area contributed by atoms with E-state index in [0.29, 0.717) is 11.4 Å². The van der Waals surface area contributed by atoms with Gasteiger partial charge in [-0.2, -0.15) is 0 Å². The Labute approximate surface area is 150 Å². The Bertz CT molecular complexity index is 1060. The maximum Gasteiger partial charge on any atom is 0.252 e. The van der Waals surface area contributed by atoms with Crippen molar-refractivity contribution < 1.29 is 4.79 Å². The third kappa shape index (κ3) is 2.86. The van der Waals surface area contributed by atoms with E-state index in [9.17, 15) is 4.79 Å². The van der Waals surface area contributed by atoms with Crippen molar-refractivity contribution in [3.8, 4) is 0 Å². The molecule has 0 aliphatic carbocycles. The van der Waals surface area contributed by atoms with Gasteiger partial charge in [0.15, 0.2) is 5.82 Å². The van der Waals surface area contributed by atoms with Gasteiger partial charge in [-0.25, -0.2) is 0 Å². The van der Waals surface area contributed by atoms with Gasteiger partial charge in [0.25, 0.3) is 5.91 Å². The van der Waals surface area contributed by atoms with Crippen LogP contribution >= 0.6 is 0 Å². The SMILES string of the molecule is Cc1nnc([C@@H](NC(=O)c2ccc3[nH]ccc3c2)c2ccccc2)n1C. The standard InChI is InChI=1S/C20H19N5O/c1-13-23-24-19(25(13)2)18(14-6-4-3-5-7-14)22-20(26)16-8-9-17-15(12-16)10-11-21-17/h3-12,18,21H,1-2H3,(H,22,26)/t18-/m0/s1. The predicted molar refractivity (Wildman–Crippen MR) is 99.8 cm³/mol. The highest BCUT2D eigenvalue weighted by molar-refractivity contribution is 5.98. The van der Waals surface area contributed by atoms with Crippen LogP contribution in [-0.2, 0) is 7.05 Å². The molecule has 26 heavy (non-hydrogen) atoms. The smallest absolute Gasteiger partial charge is 0.252 e. The first kappa shape index (κ1) is 16.1. The first-order chi connectivity index (χ1) is 12.6. The van der Waals surface area contributed by atoms with Crippen LogP contribution in [0.15, 0.2) is 60.8 Å². The molecule has 2 aromatic carbocycles. The van der Waals surface area contributed by atoms with Gasteiger partial charge in [-0.15, -0.1) is 10.2 Å². The van der Waals surface area contributed by atoms with Crippen molar-refractivity contribution >= 4 is 16.8 Å². The number of aryl methyl sites for hydroxylation is 1. The summed E-state index contributed by atoms with van der Waals surface area (Å²) >= 11 is 0. The summed E-state index contributed by atoms with van der Waals surface area (Å²) in [5.74, 6) is 1.34. The van der Waals surface area contributed by atoms with Crippen LogP contribution in [0.1, 0.15) is 33.6 Å². The monoisotopic (exact) mass is 345 g/mol. The highest BCUT2D eigenvalue weighted by atomic mass is 16.1. The van der Waals surface area contributed by atoms with Crippen molar-refractivity contribution in [1.29, 1.82) is 0 Å². The minimum absolute atomic E-state index is 0.150. The van der Waals surface area contributed by atoms with E-state index in [2.05, 4.69) is 20.5 Å². The summed E-state index contributed by atoms with van der Waals surface area (Å²) in [6.07, 6.45) is 1.86. The number of hydrogen-bond acceptors (Lipinski definition) is 3. The third-order valence-electron chi connectivity index (χ3n) is 4.61. The molecular formula is C20H19N5O. The van der Waals surface area contributed by atoms with E-state index in [-0.39, 0.29) is 11.9 Å². The fraction of sp³-hybridized carbons (Fsp3) is 0.150. The minimum atomic E-state index is -0.378. The molecule has 1 amide bonds. The highest BCUT2D eigenvalue weighted by Crippen LogP contribution is 2.22. The summed E-state index contributed by atoms with van der Waals surface area (Å²) in [4.78, 5) is 16.0. The topological polar surface area (TPSA) is 75.6 Å². The second kappa shape index (κ2) is 6.48. The largest absolute Gasteiger partial charge is 0.361 e. The molecule has 4 rings (SSSR count). The van der Waals surface area contributed by atoms with Gasteiger partial charge in [0.2, 0.25) is 0 Å². The van der Waals surface area contributed by atoms with Crippen LogP contribution in [-0.4, -0.2) is 25.7 Å². The molecule has 130 valence electrons. The molecule has 6 nitrogen and oxygen atoms in total. The van der Waals surface area contributed by atoms with Gasteiger partial charge >= 0.3 is 0 Å². The van der Waals surface area contributed by atoms with E-state index >= 15 is 0 Å². The van der Waals surface area contributed by atoms with Crippen LogP contribution in [0.2, 0.25) is 0 Å². The average Bonchev–Trinajstić information content (AvgIpc) is 3.27. The summed E-state index contributed by atoms with van der Waals surface area (Å²) < 4.78 is 1.90. The Kier molecular flexibility index (Phi) is 4.01. The Hall–Kier alpha value is -3.41. The number of nitrogens with one attached hydrogen (secondary N) is 2. The zero-order valence-corrected chi connectivity index (χ0v) is 14.6. The molecule has 0 unspecified atom stereocenters. The fourth-order valence-corrected chi connectivity index (χ4v) is 3.03. The molecule has 0 aliphatic heterocycles. The van der Waals surface area contributed by atoms with Crippen molar-refractivity contribution in [3.63, 3.8) is 0 Å². The highest BCUT2D eigenvalue weighted by Gasteiger charge is 2.23. The molecule has 0 bridgehead atoms. The number of carbonyl (C=O) groups is 1. The maximum atomic E-state index is 12.9. The summed E-state index contributed by atoms with van der Waals surface area (Å²) in [5.41, 5.74) is 2.57. The van der Waals surface area contributed by atoms with Crippen molar-refractivity contribution in [2.75, 3.05) is 0 Å². The zero-order chi connectivity index (χ0) is 18.1. The van der Waals surface area contributed by atoms with Crippen molar-refractivity contribution in [3.05, 3.63) is 83.6 Å². The quantitative estimate of drug-likeness (QED) is 0.597. The minimum Gasteiger partial charge on any atom is -0.361 e. The number of aromatic nitrogens is 4. The van der Waals surface area contributed by atoms with Crippen LogP contribution < -0.4 is 5.32 Å². The number of rotatable bonds is 4. The maximum absolute atomic E-state index is 12.9. The second-order valence-electron chi connectivity index (χ2n) is 6.26. The van der Waals surface area contributed by atoms with E-state index in [0.717, 1.165) is 22.3 Å². The van der Waals surface area contributed by atoms with Gasteiger partial charge in [-0.1, -0.05) is 30.3 Å². The molecule has 2 aromatic heterocycles. The summed E-state index contributed by atoms with van der Waals surface area (Å²) in [6, 6.07) is 17.0. The van der Waals surface area contributed by atoms with E-state index in [1.807, 2.05) is 79.3 Å². The van der Waals surface area contributed by atoms with E-state index in [1.165, 1.54) is 0 Å². The normalized spacial score (nSPS) is 12.2. The summed E-state index contributed by atoms with van der Waals surface area (Å²) in [6.45, 7) is 1.89. The van der Waals surface area contributed by atoms with Crippen molar-refractivity contribution in [2.24, 2.45) is 7.05 Å². The van der Waals surface area contributed by atoms with E-state index in [1.54, 1.807) is 0 Å². The lowest BCUT2D eigenvalue weighted by Gasteiger charge is -2.19. The van der Waals surface area contributed by atoms with Crippen molar-refractivity contribution in [2.45, 2.75) is 13.0 Å². The second-order valence-corrected chi connectivity index (χ2v) is 6.26. The van der Waals surface area contributed by atoms with E-state index in [4.69, 9.17) is 0 Å². The Morgan fingerprint density at radius 1 is 1.12 bits per heavy atom. The molecule has 4 aromatic rings. The van der Waals surface area contributed by atoms with Gasteiger partial charge in [0.1, 0.15) is 11.9 Å². The number of carbonyl (C=O) groups excluding carboxylic acids is 1. The van der Waals surface area contributed by atoms with Crippen LogP contribution in [0.5, 0.6) is 0 Å². The van der Waals surface area contributed by atoms with Crippen LogP contribution in [0.25, 0.3) is 10.9 Å².